The molecular weight excluding hydrogens is 193 g/mol. The first kappa shape index (κ1) is 10.1. The normalized spacial score (nSPS) is 19.0. The van der Waals surface area contributed by atoms with E-state index in [9.17, 15) is 9.18 Å². The van der Waals surface area contributed by atoms with Crippen LogP contribution in [0.15, 0.2) is 24.3 Å². The number of nitrogens with two attached hydrogens (primary N) is 1. The van der Waals surface area contributed by atoms with Crippen LogP contribution >= 0.6 is 0 Å². The highest BCUT2D eigenvalue weighted by Gasteiger charge is 2.42. The Hall–Kier alpha value is -1.38. The van der Waals surface area contributed by atoms with E-state index in [4.69, 9.17) is 5.73 Å². The minimum atomic E-state index is -0.759. The van der Waals surface area contributed by atoms with Gasteiger partial charge in [-0.2, -0.15) is 0 Å². The molecule has 1 fully saturated rings. The molecule has 0 unspecified atom stereocenters. The van der Waals surface area contributed by atoms with Crippen molar-refractivity contribution in [3.8, 4) is 0 Å². The Morgan fingerprint density at radius 2 is 1.87 bits per heavy atom. The fourth-order valence-electron chi connectivity index (χ4n) is 2.48. The smallest absolute Gasteiger partial charge is 0.228 e. The Kier molecular flexibility index (Phi) is 2.47. The molecule has 0 aliphatic heterocycles. The van der Waals surface area contributed by atoms with Crippen molar-refractivity contribution in [2.45, 2.75) is 31.1 Å². The molecule has 2 nitrogen and oxygen atoms in total. The van der Waals surface area contributed by atoms with Crippen molar-refractivity contribution in [1.29, 1.82) is 0 Å². The lowest BCUT2D eigenvalue weighted by Gasteiger charge is -2.25. The monoisotopic (exact) mass is 207 g/mol. The molecule has 0 aromatic heterocycles. The molecule has 0 saturated heterocycles. The van der Waals surface area contributed by atoms with Crippen molar-refractivity contribution >= 4 is 5.91 Å². The summed E-state index contributed by atoms with van der Waals surface area (Å²) in [7, 11) is 0. The SMILES string of the molecule is NC(=O)C1(c2ccccc2F)CCCC1. The summed E-state index contributed by atoms with van der Waals surface area (Å²) in [5.74, 6) is -0.719. The van der Waals surface area contributed by atoms with Gasteiger partial charge in [-0.3, -0.25) is 4.79 Å². The van der Waals surface area contributed by atoms with E-state index < -0.39 is 11.3 Å². The van der Waals surface area contributed by atoms with Crippen LogP contribution in [0.5, 0.6) is 0 Å². The predicted octanol–water partition coefficient (Wildman–Crippen LogP) is 2.12. The third-order valence-corrected chi connectivity index (χ3v) is 3.32. The zero-order chi connectivity index (χ0) is 10.9. The third-order valence-electron chi connectivity index (χ3n) is 3.32. The van der Waals surface area contributed by atoms with Crippen LogP contribution in [0.2, 0.25) is 0 Å². The molecule has 0 bridgehead atoms. The average Bonchev–Trinajstić information content (AvgIpc) is 2.68. The fourth-order valence-corrected chi connectivity index (χ4v) is 2.48. The highest BCUT2D eigenvalue weighted by Crippen LogP contribution is 2.41. The summed E-state index contributed by atoms with van der Waals surface area (Å²) >= 11 is 0. The first-order chi connectivity index (χ1) is 7.17. The van der Waals surface area contributed by atoms with Gasteiger partial charge in [-0.25, -0.2) is 4.39 Å². The molecule has 80 valence electrons. The molecule has 2 rings (SSSR count). The fraction of sp³-hybridized carbons (Fsp3) is 0.417. The van der Waals surface area contributed by atoms with Crippen LogP contribution in [-0.4, -0.2) is 5.91 Å². The molecule has 1 amide bonds. The third kappa shape index (κ3) is 1.52. The lowest BCUT2D eigenvalue weighted by atomic mass is 9.78. The van der Waals surface area contributed by atoms with Crippen LogP contribution in [0.3, 0.4) is 0 Å². The van der Waals surface area contributed by atoms with Gasteiger partial charge in [0.05, 0.1) is 5.41 Å². The maximum Gasteiger partial charge on any atom is 0.228 e. The van der Waals surface area contributed by atoms with Gasteiger partial charge in [0.25, 0.3) is 0 Å². The maximum atomic E-state index is 13.6. The van der Waals surface area contributed by atoms with Gasteiger partial charge in [-0.1, -0.05) is 31.0 Å². The standard InChI is InChI=1S/C12H14FNO/c13-10-6-2-1-5-9(10)12(11(14)15)7-3-4-8-12/h1-2,5-6H,3-4,7-8H2,(H2,14,15). The van der Waals surface area contributed by atoms with E-state index >= 15 is 0 Å². The van der Waals surface area contributed by atoms with Crippen molar-refractivity contribution in [2.24, 2.45) is 5.73 Å². The van der Waals surface area contributed by atoms with Gasteiger partial charge >= 0.3 is 0 Å². The molecule has 2 N–H and O–H groups in total. The van der Waals surface area contributed by atoms with Crippen molar-refractivity contribution in [1.82, 2.24) is 0 Å². The Labute approximate surface area is 88.3 Å². The molecular formula is C12H14FNO. The maximum absolute atomic E-state index is 13.6. The van der Waals surface area contributed by atoms with Gasteiger partial charge in [0.15, 0.2) is 0 Å². The molecule has 0 atom stereocenters. The summed E-state index contributed by atoms with van der Waals surface area (Å²) in [6.07, 6.45) is 3.22. The summed E-state index contributed by atoms with van der Waals surface area (Å²) in [5, 5.41) is 0. The van der Waals surface area contributed by atoms with Gasteiger partial charge in [0.2, 0.25) is 5.91 Å². The number of halogens is 1. The summed E-state index contributed by atoms with van der Waals surface area (Å²) in [6.45, 7) is 0. The highest BCUT2D eigenvalue weighted by atomic mass is 19.1. The number of hydrogen-bond donors (Lipinski definition) is 1. The lowest BCUT2D eigenvalue weighted by Crippen LogP contribution is -2.39. The number of primary amides is 1. The second kappa shape index (κ2) is 3.65. The van der Waals surface area contributed by atoms with Gasteiger partial charge in [0, 0.05) is 5.56 Å². The quantitative estimate of drug-likeness (QED) is 0.793. The van der Waals surface area contributed by atoms with Gasteiger partial charge < -0.3 is 5.73 Å². The minimum Gasteiger partial charge on any atom is -0.369 e. The lowest BCUT2D eigenvalue weighted by molar-refractivity contribution is -0.123. The Bertz CT molecular complexity index is 383. The predicted molar refractivity (Wildman–Crippen MR) is 55.7 cm³/mol. The summed E-state index contributed by atoms with van der Waals surface area (Å²) in [6, 6.07) is 6.44. The molecule has 1 aliphatic carbocycles. The van der Waals surface area contributed by atoms with E-state index in [1.165, 1.54) is 6.07 Å². The molecule has 15 heavy (non-hydrogen) atoms. The van der Waals surface area contributed by atoms with Gasteiger partial charge in [0.1, 0.15) is 5.82 Å². The molecule has 1 aromatic carbocycles. The van der Waals surface area contributed by atoms with Crippen LogP contribution in [0, 0.1) is 5.82 Å². The second-order valence-electron chi connectivity index (χ2n) is 4.13. The first-order valence-corrected chi connectivity index (χ1v) is 5.22. The number of carbonyl (C=O) groups excluding carboxylic acids is 1. The number of benzene rings is 1. The van der Waals surface area contributed by atoms with Gasteiger partial charge in [-0.15, -0.1) is 0 Å². The Morgan fingerprint density at radius 1 is 1.27 bits per heavy atom. The number of rotatable bonds is 2. The van der Waals surface area contributed by atoms with E-state index in [1.54, 1.807) is 18.2 Å². The molecule has 3 heteroatoms. The number of hydrogen-bond acceptors (Lipinski definition) is 1. The van der Waals surface area contributed by atoms with E-state index in [0.29, 0.717) is 18.4 Å². The number of amides is 1. The molecule has 0 heterocycles. The largest absolute Gasteiger partial charge is 0.369 e. The van der Waals surface area contributed by atoms with Crippen LogP contribution in [0.4, 0.5) is 4.39 Å². The molecule has 1 saturated carbocycles. The number of carbonyl (C=O) groups is 1. The van der Waals surface area contributed by atoms with Crippen LogP contribution in [0.25, 0.3) is 0 Å². The van der Waals surface area contributed by atoms with Crippen molar-refractivity contribution in [2.75, 3.05) is 0 Å². The summed E-state index contributed by atoms with van der Waals surface area (Å²) in [5.41, 5.74) is 5.14. The molecule has 1 aromatic rings. The zero-order valence-electron chi connectivity index (χ0n) is 8.50. The van der Waals surface area contributed by atoms with E-state index in [0.717, 1.165) is 12.8 Å². The Morgan fingerprint density at radius 3 is 2.40 bits per heavy atom. The molecule has 0 radical (unpaired) electrons. The first-order valence-electron chi connectivity index (χ1n) is 5.22. The van der Waals surface area contributed by atoms with E-state index in [-0.39, 0.29) is 5.82 Å². The molecule has 1 aliphatic rings. The van der Waals surface area contributed by atoms with E-state index in [2.05, 4.69) is 0 Å². The minimum absolute atomic E-state index is 0.321. The topological polar surface area (TPSA) is 43.1 Å². The van der Waals surface area contributed by atoms with Crippen molar-refractivity contribution < 1.29 is 9.18 Å². The molecule has 0 spiro atoms. The van der Waals surface area contributed by atoms with Crippen molar-refractivity contribution in [3.05, 3.63) is 35.6 Å². The van der Waals surface area contributed by atoms with Crippen LogP contribution in [0.1, 0.15) is 31.2 Å². The average molecular weight is 207 g/mol. The Balaban J connectivity index is 2.50. The van der Waals surface area contributed by atoms with Crippen LogP contribution < -0.4 is 5.73 Å². The van der Waals surface area contributed by atoms with E-state index in [1.807, 2.05) is 0 Å². The van der Waals surface area contributed by atoms with Crippen LogP contribution in [-0.2, 0) is 10.2 Å². The summed E-state index contributed by atoms with van der Waals surface area (Å²) in [4.78, 5) is 11.5. The zero-order valence-corrected chi connectivity index (χ0v) is 8.50. The van der Waals surface area contributed by atoms with Gasteiger partial charge in [-0.05, 0) is 18.9 Å². The highest BCUT2D eigenvalue weighted by molar-refractivity contribution is 5.87. The second-order valence-corrected chi connectivity index (χ2v) is 4.13. The van der Waals surface area contributed by atoms with Crippen molar-refractivity contribution in [3.63, 3.8) is 0 Å². The summed E-state index contributed by atoms with van der Waals surface area (Å²) < 4.78 is 13.6.